The van der Waals surface area contributed by atoms with Gasteiger partial charge in [0.1, 0.15) is 12.4 Å². The molecule has 8 heteroatoms. The molecule has 4 rings (SSSR count). The second kappa shape index (κ2) is 9.74. The number of methoxy groups -OCH3 is 1. The van der Waals surface area contributed by atoms with Gasteiger partial charge in [0.15, 0.2) is 5.69 Å². The zero-order valence-electron chi connectivity index (χ0n) is 19.6. The van der Waals surface area contributed by atoms with Crippen LogP contribution in [0.3, 0.4) is 0 Å². The molecule has 8 nitrogen and oxygen atoms in total. The van der Waals surface area contributed by atoms with E-state index < -0.39 is 5.54 Å². The van der Waals surface area contributed by atoms with Crippen molar-refractivity contribution in [1.29, 1.82) is 0 Å². The quantitative estimate of drug-likeness (QED) is 0.441. The summed E-state index contributed by atoms with van der Waals surface area (Å²) in [6.45, 7) is 6.22. The average Bonchev–Trinajstić information content (AvgIpc) is 3.28. The molecule has 0 aliphatic rings. The van der Waals surface area contributed by atoms with E-state index >= 15 is 0 Å². The van der Waals surface area contributed by atoms with Crippen LogP contribution in [-0.4, -0.2) is 38.3 Å². The monoisotopic (exact) mass is 457 g/mol. The zero-order valence-corrected chi connectivity index (χ0v) is 19.6. The smallest absolute Gasteiger partial charge is 0.272 e. The van der Waals surface area contributed by atoms with Crippen molar-refractivity contribution >= 4 is 5.91 Å². The molecule has 0 saturated carbocycles. The van der Waals surface area contributed by atoms with Crippen LogP contribution in [0.5, 0.6) is 11.6 Å². The summed E-state index contributed by atoms with van der Waals surface area (Å²) in [6, 6.07) is 18.9. The van der Waals surface area contributed by atoms with E-state index in [0.29, 0.717) is 35.3 Å². The Balaban J connectivity index is 1.64. The predicted molar refractivity (Wildman–Crippen MR) is 129 cm³/mol. The molecule has 0 aliphatic carbocycles. The van der Waals surface area contributed by atoms with Crippen molar-refractivity contribution in [3.8, 4) is 28.7 Å². The first-order chi connectivity index (χ1) is 16.3. The summed E-state index contributed by atoms with van der Waals surface area (Å²) in [5.74, 6) is 0.869. The minimum atomic E-state index is -0.390. The van der Waals surface area contributed by atoms with Crippen molar-refractivity contribution in [2.24, 2.45) is 0 Å². The number of pyridine rings is 2. The molecule has 0 bridgehead atoms. The maximum atomic E-state index is 12.8. The first kappa shape index (κ1) is 23.0. The summed E-state index contributed by atoms with van der Waals surface area (Å²) in [6.07, 6.45) is 3.30. The van der Waals surface area contributed by atoms with Crippen molar-refractivity contribution in [3.05, 3.63) is 84.3 Å². The fraction of sp³-hybridized carbons (Fsp3) is 0.231. The van der Waals surface area contributed by atoms with Crippen LogP contribution < -0.4 is 14.8 Å². The highest BCUT2D eigenvalue weighted by molar-refractivity contribution is 5.94. The van der Waals surface area contributed by atoms with Crippen molar-refractivity contribution in [2.45, 2.75) is 32.9 Å². The molecule has 3 aromatic heterocycles. The van der Waals surface area contributed by atoms with Gasteiger partial charge < -0.3 is 14.8 Å². The topological polar surface area (TPSA) is 91.2 Å². The molecule has 0 unspecified atom stereocenters. The van der Waals surface area contributed by atoms with Crippen LogP contribution in [0.15, 0.2) is 73.1 Å². The van der Waals surface area contributed by atoms with Crippen LogP contribution in [0.1, 0.15) is 36.8 Å². The van der Waals surface area contributed by atoms with E-state index in [0.717, 1.165) is 5.56 Å². The molecule has 0 radical (unpaired) electrons. The van der Waals surface area contributed by atoms with Crippen LogP contribution in [-0.2, 0) is 6.61 Å². The van der Waals surface area contributed by atoms with Crippen LogP contribution in [0.25, 0.3) is 17.1 Å². The zero-order chi connectivity index (χ0) is 24.1. The van der Waals surface area contributed by atoms with Gasteiger partial charge in [-0.25, -0.2) is 9.67 Å². The number of amides is 1. The lowest BCUT2D eigenvalue weighted by molar-refractivity contribution is 0.0914. The molecule has 1 N–H and O–H groups in total. The largest absolute Gasteiger partial charge is 0.487 e. The fourth-order valence-corrected chi connectivity index (χ4v) is 3.25. The molecule has 1 aromatic carbocycles. The molecule has 4 aromatic rings. The Morgan fingerprint density at radius 3 is 2.41 bits per heavy atom. The number of benzene rings is 1. The van der Waals surface area contributed by atoms with Gasteiger partial charge in [-0.3, -0.25) is 9.78 Å². The summed E-state index contributed by atoms with van der Waals surface area (Å²) in [7, 11) is 1.56. The number of ether oxygens (including phenoxy) is 2. The van der Waals surface area contributed by atoms with Crippen LogP contribution in [0.2, 0.25) is 0 Å². The first-order valence-electron chi connectivity index (χ1n) is 10.9. The summed E-state index contributed by atoms with van der Waals surface area (Å²) in [5, 5.41) is 7.50. The second-order valence-corrected chi connectivity index (χ2v) is 8.74. The Bertz CT molecular complexity index is 1240. The van der Waals surface area contributed by atoms with Gasteiger partial charge in [0.05, 0.1) is 36.6 Å². The van der Waals surface area contributed by atoms with Crippen LogP contribution in [0, 0.1) is 0 Å². The molecular weight excluding hydrogens is 430 g/mol. The molecule has 0 spiro atoms. The van der Waals surface area contributed by atoms with E-state index in [9.17, 15) is 4.79 Å². The summed E-state index contributed by atoms with van der Waals surface area (Å²) in [4.78, 5) is 21.6. The van der Waals surface area contributed by atoms with E-state index in [-0.39, 0.29) is 11.6 Å². The summed E-state index contributed by atoms with van der Waals surface area (Å²) >= 11 is 0. The molecule has 1 amide bonds. The number of aromatic nitrogens is 4. The lowest BCUT2D eigenvalue weighted by Gasteiger charge is -2.19. The summed E-state index contributed by atoms with van der Waals surface area (Å²) in [5.41, 5.74) is 2.94. The van der Waals surface area contributed by atoms with Crippen molar-refractivity contribution in [3.63, 3.8) is 0 Å². The predicted octanol–water partition coefficient (Wildman–Crippen LogP) is 4.45. The van der Waals surface area contributed by atoms with Gasteiger partial charge in [-0.2, -0.15) is 5.10 Å². The van der Waals surface area contributed by atoms with E-state index in [1.54, 1.807) is 36.3 Å². The lowest BCUT2D eigenvalue weighted by atomic mass is 10.1. The SMILES string of the molecule is COc1ccc(-n2nc(C(=O)NC(C)(C)C)cc2-c2ccc(OCc3ccccc3)cn2)cn1. The van der Waals surface area contributed by atoms with E-state index in [2.05, 4.69) is 20.4 Å². The standard InChI is InChI=1S/C26H27N5O3/c1-26(2,3)29-25(32)22-14-23(31(30-22)19-10-13-24(33-4)28-15-19)21-12-11-20(16-27-21)34-17-18-8-6-5-7-9-18/h5-16H,17H2,1-4H3,(H,29,32). The third kappa shape index (κ3) is 5.58. The third-order valence-electron chi connectivity index (χ3n) is 4.85. The van der Waals surface area contributed by atoms with E-state index in [1.807, 2.05) is 69.3 Å². The average molecular weight is 458 g/mol. The number of hydrogen-bond acceptors (Lipinski definition) is 6. The molecular formula is C26H27N5O3. The molecule has 174 valence electrons. The van der Waals surface area contributed by atoms with Gasteiger partial charge in [0, 0.05) is 11.6 Å². The van der Waals surface area contributed by atoms with Crippen LogP contribution >= 0.6 is 0 Å². The van der Waals surface area contributed by atoms with Gasteiger partial charge in [-0.05, 0) is 50.6 Å². The molecule has 34 heavy (non-hydrogen) atoms. The number of nitrogens with zero attached hydrogens (tertiary/aromatic N) is 4. The van der Waals surface area contributed by atoms with E-state index in [1.165, 1.54) is 0 Å². The van der Waals surface area contributed by atoms with Crippen LogP contribution in [0.4, 0.5) is 0 Å². The number of nitrogens with one attached hydrogen (secondary N) is 1. The number of carbonyl (C=O) groups excluding carboxylic acids is 1. The summed E-state index contributed by atoms with van der Waals surface area (Å²) < 4.78 is 12.7. The Labute approximate surface area is 198 Å². The van der Waals surface area contributed by atoms with Gasteiger partial charge in [-0.15, -0.1) is 0 Å². The van der Waals surface area contributed by atoms with Crippen molar-refractivity contribution in [2.75, 3.05) is 7.11 Å². The van der Waals surface area contributed by atoms with Crippen molar-refractivity contribution in [1.82, 2.24) is 25.1 Å². The normalized spacial score (nSPS) is 11.2. The minimum absolute atomic E-state index is 0.267. The van der Waals surface area contributed by atoms with Gasteiger partial charge in [0.2, 0.25) is 5.88 Å². The number of hydrogen-bond donors (Lipinski definition) is 1. The lowest BCUT2D eigenvalue weighted by Crippen LogP contribution is -2.40. The molecule has 0 saturated heterocycles. The molecule has 3 heterocycles. The first-order valence-corrected chi connectivity index (χ1v) is 10.9. The second-order valence-electron chi connectivity index (χ2n) is 8.74. The Morgan fingerprint density at radius 2 is 1.79 bits per heavy atom. The van der Waals surface area contributed by atoms with Gasteiger partial charge in [0.25, 0.3) is 5.91 Å². The Hall–Kier alpha value is -4.20. The maximum absolute atomic E-state index is 12.8. The number of rotatable bonds is 7. The highest BCUT2D eigenvalue weighted by atomic mass is 16.5. The fourth-order valence-electron chi connectivity index (χ4n) is 3.25. The highest BCUT2D eigenvalue weighted by Crippen LogP contribution is 2.25. The number of carbonyl (C=O) groups is 1. The Morgan fingerprint density at radius 1 is 1.00 bits per heavy atom. The maximum Gasteiger partial charge on any atom is 0.272 e. The van der Waals surface area contributed by atoms with E-state index in [4.69, 9.17) is 9.47 Å². The third-order valence-corrected chi connectivity index (χ3v) is 4.85. The minimum Gasteiger partial charge on any atom is -0.487 e. The molecule has 0 fully saturated rings. The molecule has 0 atom stereocenters. The van der Waals surface area contributed by atoms with Crippen molar-refractivity contribution < 1.29 is 14.3 Å². The molecule has 0 aliphatic heterocycles. The highest BCUT2D eigenvalue weighted by Gasteiger charge is 2.21. The Kier molecular flexibility index (Phi) is 6.58. The van der Waals surface area contributed by atoms with Gasteiger partial charge >= 0.3 is 0 Å². The van der Waals surface area contributed by atoms with Gasteiger partial charge in [-0.1, -0.05) is 30.3 Å².